The van der Waals surface area contributed by atoms with Gasteiger partial charge in [0.05, 0.1) is 12.5 Å². The van der Waals surface area contributed by atoms with E-state index in [2.05, 4.69) is 13.0 Å². The Morgan fingerprint density at radius 1 is 1.29 bits per heavy atom. The molecule has 1 atom stereocenters. The molecule has 1 rings (SSSR count). The normalized spacial score (nSPS) is 12.2. The van der Waals surface area contributed by atoms with Crippen molar-refractivity contribution >= 4 is 5.97 Å². The van der Waals surface area contributed by atoms with Gasteiger partial charge in [0, 0.05) is 0 Å². The third-order valence-electron chi connectivity index (χ3n) is 2.96. The van der Waals surface area contributed by atoms with Crippen molar-refractivity contribution in [1.82, 2.24) is 0 Å². The van der Waals surface area contributed by atoms with Crippen molar-refractivity contribution in [3.8, 4) is 0 Å². The van der Waals surface area contributed by atoms with Gasteiger partial charge in [-0.3, -0.25) is 4.79 Å². The Labute approximate surface area is 104 Å². The molecule has 94 valence electrons. The van der Waals surface area contributed by atoms with Crippen molar-refractivity contribution in [1.29, 1.82) is 0 Å². The molecule has 0 spiro atoms. The Morgan fingerprint density at radius 2 is 2.00 bits per heavy atom. The lowest BCUT2D eigenvalue weighted by Gasteiger charge is -2.15. The third kappa shape index (κ3) is 3.88. The average molecular weight is 234 g/mol. The second-order valence-electron chi connectivity index (χ2n) is 4.28. The molecule has 0 saturated heterocycles. The van der Waals surface area contributed by atoms with E-state index < -0.39 is 0 Å². The zero-order chi connectivity index (χ0) is 12.7. The molecule has 0 amide bonds. The summed E-state index contributed by atoms with van der Waals surface area (Å²) in [5, 5.41) is 0. The van der Waals surface area contributed by atoms with E-state index in [0.717, 1.165) is 18.4 Å². The lowest BCUT2D eigenvalue weighted by atomic mass is 9.93. The van der Waals surface area contributed by atoms with Gasteiger partial charge in [0.2, 0.25) is 0 Å². The monoisotopic (exact) mass is 234 g/mol. The van der Waals surface area contributed by atoms with Crippen molar-refractivity contribution in [2.75, 3.05) is 6.61 Å². The SMILES string of the molecule is CCCCc1ccccc1C(C)C(=O)OCC. The summed E-state index contributed by atoms with van der Waals surface area (Å²) in [7, 11) is 0. The van der Waals surface area contributed by atoms with Gasteiger partial charge >= 0.3 is 5.97 Å². The van der Waals surface area contributed by atoms with Crippen LogP contribution in [0.25, 0.3) is 0 Å². The Morgan fingerprint density at radius 3 is 2.65 bits per heavy atom. The molecule has 0 saturated carbocycles. The minimum atomic E-state index is -0.164. The topological polar surface area (TPSA) is 26.3 Å². The van der Waals surface area contributed by atoms with Crippen LogP contribution in [-0.2, 0) is 16.0 Å². The predicted molar refractivity (Wildman–Crippen MR) is 70.1 cm³/mol. The molecule has 1 aromatic carbocycles. The summed E-state index contributed by atoms with van der Waals surface area (Å²) in [5.74, 6) is -0.292. The second kappa shape index (κ2) is 7.10. The summed E-state index contributed by atoms with van der Waals surface area (Å²) < 4.78 is 5.08. The Hall–Kier alpha value is -1.31. The van der Waals surface area contributed by atoms with E-state index in [1.54, 1.807) is 0 Å². The van der Waals surface area contributed by atoms with Gasteiger partial charge in [-0.05, 0) is 37.8 Å². The standard InChI is InChI=1S/C15H22O2/c1-4-6-9-13-10-7-8-11-14(13)12(3)15(16)17-5-2/h7-8,10-12H,4-6,9H2,1-3H3. The maximum absolute atomic E-state index is 11.7. The summed E-state index contributed by atoms with van der Waals surface area (Å²) in [6.45, 7) is 6.38. The van der Waals surface area contributed by atoms with Crippen LogP contribution in [-0.4, -0.2) is 12.6 Å². The van der Waals surface area contributed by atoms with Crippen LogP contribution < -0.4 is 0 Å². The van der Waals surface area contributed by atoms with Gasteiger partial charge in [-0.25, -0.2) is 0 Å². The number of aryl methyl sites for hydroxylation is 1. The van der Waals surface area contributed by atoms with Crippen LogP contribution in [0.1, 0.15) is 50.7 Å². The first kappa shape index (κ1) is 13.8. The molecule has 0 aliphatic rings. The fourth-order valence-electron chi connectivity index (χ4n) is 1.95. The van der Waals surface area contributed by atoms with Crippen LogP contribution >= 0.6 is 0 Å². The lowest BCUT2D eigenvalue weighted by molar-refractivity contribution is -0.144. The number of hydrogen-bond acceptors (Lipinski definition) is 2. The molecule has 0 bridgehead atoms. The highest BCUT2D eigenvalue weighted by molar-refractivity contribution is 5.78. The molecule has 0 N–H and O–H groups in total. The van der Waals surface area contributed by atoms with Crippen LogP contribution in [0.2, 0.25) is 0 Å². The minimum absolute atomic E-state index is 0.128. The first-order chi connectivity index (χ1) is 8.20. The molecular weight excluding hydrogens is 212 g/mol. The number of esters is 1. The Kier molecular flexibility index (Phi) is 5.75. The fraction of sp³-hybridized carbons (Fsp3) is 0.533. The van der Waals surface area contributed by atoms with Crippen LogP contribution in [0.15, 0.2) is 24.3 Å². The van der Waals surface area contributed by atoms with Gasteiger partial charge < -0.3 is 4.74 Å². The zero-order valence-corrected chi connectivity index (χ0v) is 11.0. The number of ether oxygens (including phenoxy) is 1. The molecular formula is C15H22O2. The highest BCUT2D eigenvalue weighted by Gasteiger charge is 2.18. The van der Waals surface area contributed by atoms with Crippen molar-refractivity contribution < 1.29 is 9.53 Å². The summed E-state index contributed by atoms with van der Waals surface area (Å²) in [5.41, 5.74) is 2.38. The number of benzene rings is 1. The summed E-state index contributed by atoms with van der Waals surface area (Å²) in [6.07, 6.45) is 3.37. The van der Waals surface area contributed by atoms with Gasteiger partial charge in [0.15, 0.2) is 0 Å². The van der Waals surface area contributed by atoms with Crippen molar-refractivity contribution in [3.63, 3.8) is 0 Å². The first-order valence-corrected chi connectivity index (χ1v) is 6.45. The fourth-order valence-corrected chi connectivity index (χ4v) is 1.95. The quantitative estimate of drug-likeness (QED) is 0.702. The largest absolute Gasteiger partial charge is 0.466 e. The molecule has 17 heavy (non-hydrogen) atoms. The van der Waals surface area contributed by atoms with Gasteiger partial charge in [0.25, 0.3) is 0 Å². The van der Waals surface area contributed by atoms with Gasteiger partial charge in [-0.15, -0.1) is 0 Å². The third-order valence-corrected chi connectivity index (χ3v) is 2.96. The molecule has 0 aliphatic carbocycles. The minimum Gasteiger partial charge on any atom is -0.466 e. The van der Waals surface area contributed by atoms with Crippen LogP contribution in [0, 0.1) is 0 Å². The average Bonchev–Trinajstić information content (AvgIpc) is 2.36. The number of carbonyl (C=O) groups is 1. The van der Waals surface area contributed by atoms with E-state index in [9.17, 15) is 4.79 Å². The van der Waals surface area contributed by atoms with E-state index in [0.29, 0.717) is 6.61 Å². The van der Waals surface area contributed by atoms with E-state index in [1.165, 1.54) is 12.0 Å². The first-order valence-electron chi connectivity index (χ1n) is 6.45. The van der Waals surface area contributed by atoms with E-state index in [1.807, 2.05) is 32.0 Å². The molecule has 1 aromatic rings. The number of rotatable bonds is 6. The van der Waals surface area contributed by atoms with Gasteiger partial charge in [0.1, 0.15) is 0 Å². The number of unbranched alkanes of at least 4 members (excludes halogenated alkanes) is 1. The molecule has 0 heterocycles. The molecule has 2 nitrogen and oxygen atoms in total. The molecule has 0 fully saturated rings. The molecule has 0 aliphatic heterocycles. The van der Waals surface area contributed by atoms with Crippen molar-refractivity contribution in [2.24, 2.45) is 0 Å². The van der Waals surface area contributed by atoms with Crippen molar-refractivity contribution in [3.05, 3.63) is 35.4 Å². The molecule has 2 heteroatoms. The lowest BCUT2D eigenvalue weighted by Crippen LogP contribution is -2.14. The van der Waals surface area contributed by atoms with E-state index >= 15 is 0 Å². The van der Waals surface area contributed by atoms with Gasteiger partial charge in [-0.2, -0.15) is 0 Å². The highest BCUT2D eigenvalue weighted by Crippen LogP contribution is 2.22. The number of hydrogen-bond donors (Lipinski definition) is 0. The Bertz CT molecular complexity index is 358. The second-order valence-corrected chi connectivity index (χ2v) is 4.28. The predicted octanol–water partition coefficient (Wildman–Crippen LogP) is 3.70. The maximum Gasteiger partial charge on any atom is 0.313 e. The zero-order valence-electron chi connectivity index (χ0n) is 11.0. The molecule has 1 unspecified atom stereocenters. The molecule has 0 radical (unpaired) electrons. The van der Waals surface area contributed by atoms with Crippen LogP contribution in [0.5, 0.6) is 0 Å². The molecule has 0 aromatic heterocycles. The van der Waals surface area contributed by atoms with Gasteiger partial charge in [-0.1, -0.05) is 37.6 Å². The Balaban J connectivity index is 2.84. The van der Waals surface area contributed by atoms with E-state index in [-0.39, 0.29) is 11.9 Å². The van der Waals surface area contributed by atoms with E-state index in [4.69, 9.17) is 4.74 Å². The van der Waals surface area contributed by atoms with Crippen LogP contribution in [0.4, 0.5) is 0 Å². The number of carbonyl (C=O) groups excluding carboxylic acids is 1. The van der Waals surface area contributed by atoms with Crippen molar-refractivity contribution in [2.45, 2.75) is 46.0 Å². The summed E-state index contributed by atoms with van der Waals surface area (Å²) in [4.78, 5) is 11.7. The summed E-state index contributed by atoms with van der Waals surface area (Å²) in [6, 6.07) is 8.17. The highest BCUT2D eigenvalue weighted by atomic mass is 16.5. The van der Waals surface area contributed by atoms with Crippen LogP contribution in [0.3, 0.4) is 0 Å². The summed E-state index contributed by atoms with van der Waals surface area (Å²) >= 11 is 0. The maximum atomic E-state index is 11.7. The smallest absolute Gasteiger partial charge is 0.313 e.